The average Bonchev–Trinajstić information content (AvgIpc) is 3.05. The lowest BCUT2D eigenvalue weighted by molar-refractivity contribution is -0.131. The van der Waals surface area contributed by atoms with Gasteiger partial charge in [0.05, 0.1) is 38.5 Å². The molecule has 29 heavy (non-hydrogen) atoms. The van der Waals surface area contributed by atoms with E-state index in [0.717, 1.165) is 9.87 Å². The first kappa shape index (κ1) is 21.5. The van der Waals surface area contributed by atoms with E-state index in [1.165, 1.54) is 7.11 Å². The second kappa shape index (κ2) is 9.10. The van der Waals surface area contributed by atoms with Crippen LogP contribution in [0.3, 0.4) is 0 Å². The number of methoxy groups -OCH3 is 2. The Hall–Kier alpha value is -2.17. The van der Waals surface area contributed by atoms with Crippen LogP contribution in [0.5, 0.6) is 5.75 Å². The molecule has 10 heteroatoms. The van der Waals surface area contributed by atoms with Crippen LogP contribution in [-0.2, 0) is 30.8 Å². The summed E-state index contributed by atoms with van der Waals surface area (Å²) in [4.78, 5) is 27.2. The molecular weight excluding hydrogens is 398 g/mol. The lowest BCUT2D eigenvalue weighted by Gasteiger charge is -2.23. The van der Waals surface area contributed by atoms with Crippen LogP contribution < -0.4 is 10.1 Å². The number of amides is 2. The third-order valence-corrected chi connectivity index (χ3v) is 7.00. The quantitative estimate of drug-likeness (QED) is 0.635. The molecule has 0 bridgehead atoms. The third kappa shape index (κ3) is 5.06. The van der Waals surface area contributed by atoms with Gasteiger partial charge in [-0.05, 0) is 24.1 Å². The molecule has 160 valence electrons. The Morgan fingerprint density at radius 3 is 2.83 bits per heavy atom. The van der Waals surface area contributed by atoms with Crippen LogP contribution in [0.4, 0.5) is 0 Å². The van der Waals surface area contributed by atoms with Gasteiger partial charge in [-0.2, -0.15) is 0 Å². The maximum Gasteiger partial charge on any atom is 0.253 e. The van der Waals surface area contributed by atoms with E-state index in [2.05, 4.69) is 5.32 Å². The zero-order valence-corrected chi connectivity index (χ0v) is 17.5. The minimum Gasteiger partial charge on any atom is -0.497 e. The second-order valence-electron chi connectivity index (χ2n) is 7.26. The molecule has 2 aliphatic heterocycles. The van der Waals surface area contributed by atoms with E-state index < -0.39 is 22.0 Å². The van der Waals surface area contributed by atoms with Crippen LogP contribution in [0.25, 0.3) is 0 Å². The van der Waals surface area contributed by atoms with Crippen molar-refractivity contribution in [3.8, 4) is 5.75 Å². The first-order valence-electron chi connectivity index (χ1n) is 9.53. The van der Waals surface area contributed by atoms with Gasteiger partial charge in [-0.15, -0.1) is 0 Å². The molecule has 2 amide bonds. The summed E-state index contributed by atoms with van der Waals surface area (Å²) in [6, 6.07) is 6.55. The fourth-order valence-corrected chi connectivity index (χ4v) is 5.26. The van der Waals surface area contributed by atoms with E-state index in [0.29, 0.717) is 18.7 Å². The van der Waals surface area contributed by atoms with Crippen molar-refractivity contribution in [1.82, 2.24) is 14.5 Å². The molecule has 0 spiro atoms. The maximum absolute atomic E-state index is 12.9. The predicted molar refractivity (Wildman–Crippen MR) is 106 cm³/mol. The second-order valence-corrected chi connectivity index (χ2v) is 9.27. The highest BCUT2D eigenvalue weighted by atomic mass is 32.2. The third-order valence-electron chi connectivity index (χ3n) is 5.27. The Kier molecular flexibility index (Phi) is 6.76. The van der Waals surface area contributed by atoms with Crippen LogP contribution in [0.2, 0.25) is 0 Å². The monoisotopic (exact) mass is 425 g/mol. The molecule has 0 radical (unpaired) electrons. The lowest BCUT2D eigenvalue weighted by Crippen LogP contribution is -2.45. The number of carbonyl (C=O) groups is 2. The van der Waals surface area contributed by atoms with Crippen LogP contribution >= 0.6 is 0 Å². The molecule has 1 aromatic carbocycles. The molecule has 0 unspecified atom stereocenters. The predicted octanol–water partition coefficient (Wildman–Crippen LogP) is -0.385. The molecule has 0 saturated carbocycles. The average molecular weight is 426 g/mol. The summed E-state index contributed by atoms with van der Waals surface area (Å²) < 4.78 is 35.9. The van der Waals surface area contributed by atoms with Crippen LogP contribution in [0.1, 0.15) is 12.0 Å². The van der Waals surface area contributed by atoms with Crippen molar-refractivity contribution in [3.05, 3.63) is 29.8 Å². The standard InChI is InChI=1S/C19H27N3O6S/c1-27-8-6-22-19(24)17-12-15(13-21(17)7-9-29(22,25)26)20-18(23)11-14-4-3-5-16(10-14)28-2/h3-5,10,15,17H,6-9,11-13H2,1-2H3,(H,20,23)/t15-,17-/m0/s1. The molecule has 2 atom stereocenters. The highest BCUT2D eigenvalue weighted by Crippen LogP contribution is 2.25. The van der Waals surface area contributed by atoms with Crippen molar-refractivity contribution in [2.45, 2.75) is 24.9 Å². The molecule has 2 fully saturated rings. The van der Waals surface area contributed by atoms with E-state index in [9.17, 15) is 18.0 Å². The van der Waals surface area contributed by atoms with E-state index in [-0.39, 0.29) is 43.8 Å². The number of sulfonamides is 1. The van der Waals surface area contributed by atoms with Gasteiger partial charge in [0.15, 0.2) is 0 Å². The summed E-state index contributed by atoms with van der Waals surface area (Å²) in [7, 11) is -0.612. The number of ether oxygens (including phenoxy) is 2. The van der Waals surface area contributed by atoms with Crippen molar-refractivity contribution < 1.29 is 27.5 Å². The molecular formula is C19H27N3O6S. The van der Waals surface area contributed by atoms with Crippen molar-refractivity contribution in [1.29, 1.82) is 0 Å². The highest BCUT2D eigenvalue weighted by molar-refractivity contribution is 7.89. The van der Waals surface area contributed by atoms with Gasteiger partial charge < -0.3 is 14.8 Å². The smallest absolute Gasteiger partial charge is 0.253 e. The van der Waals surface area contributed by atoms with Gasteiger partial charge in [-0.3, -0.25) is 14.5 Å². The molecule has 1 aromatic rings. The van der Waals surface area contributed by atoms with Gasteiger partial charge in [0.25, 0.3) is 5.91 Å². The molecule has 9 nitrogen and oxygen atoms in total. The van der Waals surface area contributed by atoms with Gasteiger partial charge in [0, 0.05) is 26.2 Å². The Labute approximate surface area is 171 Å². The van der Waals surface area contributed by atoms with Crippen LogP contribution in [-0.4, -0.2) is 87.7 Å². The minimum absolute atomic E-state index is 0.00880. The summed E-state index contributed by atoms with van der Waals surface area (Å²) >= 11 is 0. The number of hydrogen-bond donors (Lipinski definition) is 1. The Balaban J connectivity index is 1.62. The van der Waals surface area contributed by atoms with Crippen molar-refractivity contribution in [2.24, 2.45) is 0 Å². The minimum atomic E-state index is -3.65. The fourth-order valence-electron chi connectivity index (χ4n) is 3.83. The summed E-state index contributed by atoms with van der Waals surface area (Å²) in [5.41, 5.74) is 0.835. The Bertz CT molecular complexity index is 859. The number of benzene rings is 1. The Morgan fingerprint density at radius 1 is 1.31 bits per heavy atom. The van der Waals surface area contributed by atoms with Gasteiger partial charge in [0.2, 0.25) is 15.9 Å². The molecule has 3 rings (SSSR count). The van der Waals surface area contributed by atoms with Gasteiger partial charge in [-0.1, -0.05) is 12.1 Å². The zero-order valence-electron chi connectivity index (χ0n) is 16.7. The number of carbonyl (C=O) groups excluding carboxylic acids is 2. The molecule has 1 N–H and O–H groups in total. The summed E-state index contributed by atoms with van der Waals surface area (Å²) in [5.74, 6) is -0.0162. The lowest BCUT2D eigenvalue weighted by atomic mass is 10.1. The van der Waals surface area contributed by atoms with Gasteiger partial charge in [-0.25, -0.2) is 12.7 Å². The zero-order chi connectivity index (χ0) is 21.0. The summed E-state index contributed by atoms with van der Waals surface area (Å²) in [6.07, 6.45) is 0.600. The van der Waals surface area contributed by atoms with Crippen LogP contribution in [0.15, 0.2) is 24.3 Å². The van der Waals surface area contributed by atoms with E-state index >= 15 is 0 Å². The van der Waals surface area contributed by atoms with E-state index in [4.69, 9.17) is 9.47 Å². The largest absolute Gasteiger partial charge is 0.497 e. The normalized spacial score (nSPS) is 24.1. The molecule has 0 aliphatic carbocycles. The molecule has 2 heterocycles. The van der Waals surface area contributed by atoms with Crippen molar-refractivity contribution >= 4 is 21.8 Å². The van der Waals surface area contributed by atoms with Crippen molar-refractivity contribution in [2.75, 3.05) is 46.2 Å². The Morgan fingerprint density at radius 2 is 2.10 bits per heavy atom. The molecule has 2 aliphatic rings. The van der Waals surface area contributed by atoms with E-state index in [1.807, 2.05) is 29.2 Å². The molecule has 2 saturated heterocycles. The topological polar surface area (TPSA) is 105 Å². The number of hydrogen-bond acceptors (Lipinski definition) is 7. The molecule has 0 aromatic heterocycles. The summed E-state index contributed by atoms with van der Waals surface area (Å²) in [6.45, 7) is 0.881. The van der Waals surface area contributed by atoms with Gasteiger partial charge in [0.1, 0.15) is 5.75 Å². The van der Waals surface area contributed by atoms with Crippen molar-refractivity contribution in [3.63, 3.8) is 0 Å². The highest BCUT2D eigenvalue weighted by Gasteiger charge is 2.45. The number of rotatable bonds is 7. The maximum atomic E-state index is 12.9. The van der Waals surface area contributed by atoms with Gasteiger partial charge >= 0.3 is 0 Å². The number of fused-ring (bicyclic) bond motifs is 1. The fraction of sp³-hybridized carbons (Fsp3) is 0.579. The number of nitrogens with one attached hydrogen (secondary N) is 1. The number of nitrogens with zero attached hydrogens (tertiary/aromatic N) is 2. The summed E-state index contributed by atoms with van der Waals surface area (Å²) in [5, 5.41) is 2.97. The van der Waals surface area contributed by atoms with E-state index in [1.54, 1.807) is 7.11 Å². The van der Waals surface area contributed by atoms with Crippen LogP contribution in [0, 0.1) is 0 Å². The SMILES string of the molecule is COCCN1C(=O)[C@@H]2C[C@H](NC(=O)Cc3cccc(OC)c3)CN2CCS1(=O)=O. The first-order chi connectivity index (χ1) is 13.8. The first-order valence-corrected chi connectivity index (χ1v) is 11.1.